The molecule has 0 radical (unpaired) electrons. The quantitative estimate of drug-likeness (QED) is 0.836. The van der Waals surface area contributed by atoms with Gasteiger partial charge in [-0.25, -0.2) is 13.6 Å². The third-order valence-electron chi connectivity index (χ3n) is 2.44. The third-order valence-corrected chi connectivity index (χ3v) is 3.25. The van der Waals surface area contributed by atoms with Crippen molar-refractivity contribution in [2.75, 3.05) is 5.32 Å². The van der Waals surface area contributed by atoms with Crippen molar-refractivity contribution in [1.29, 1.82) is 0 Å². The zero-order valence-electron chi connectivity index (χ0n) is 10.2. The summed E-state index contributed by atoms with van der Waals surface area (Å²) >= 11 is 2.93. The van der Waals surface area contributed by atoms with E-state index in [9.17, 15) is 13.6 Å². The number of hydrogen-bond donors (Lipinski definition) is 1. The minimum absolute atomic E-state index is 0.0273. The van der Waals surface area contributed by atoms with Crippen LogP contribution in [0.3, 0.4) is 0 Å². The number of anilines is 1. The van der Waals surface area contributed by atoms with Gasteiger partial charge >= 0.3 is 6.09 Å². The second kappa shape index (κ2) is 6.47. The molecular weight excluding hydrogens is 332 g/mol. The summed E-state index contributed by atoms with van der Waals surface area (Å²) in [4.78, 5) is 11.6. The number of halogens is 3. The van der Waals surface area contributed by atoms with Gasteiger partial charge in [0.1, 0.15) is 18.2 Å². The molecule has 0 saturated heterocycles. The molecule has 104 valence electrons. The van der Waals surface area contributed by atoms with E-state index in [1.165, 1.54) is 0 Å². The Labute approximate surface area is 122 Å². The standard InChI is InChI=1S/C14H10BrF2NO2/c15-13-11(17)6-10(16)7-12(13)18-14(19)20-8-9-4-2-1-3-5-9/h1-7H,8H2,(H,18,19). The molecule has 0 unspecified atom stereocenters. The largest absolute Gasteiger partial charge is 0.444 e. The Bertz CT molecular complexity index is 620. The van der Waals surface area contributed by atoms with Crippen LogP contribution in [0.25, 0.3) is 0 Å². The number of carbonyl (C=O) groups excluding carboxylic acids is 1. The molecule has 0 aliphatic rings. The van der Waals surface area contributed by atoms with Crippen LogP contribution in [0.5, 0.6) is 0 Å². The zero-order chi connectivity index (χ0) is 14.5. The Hall–Kier alpha value is -1.95. The lowest BCUT2D eigenvalue weighted by Crippen LogP contribution is -2.14. The Balaban J connectivity index is 1.98. The van der Waals surface area contributed by atoms with Crippen LogP contribution in [0.15, 0.2) is 46.9 Å². The molecule has 2 rings (SSSR count). The summed E-state index contributed by atoms with van der Waals surface area (Å²) in [5, 5.41) is 2.27. The van der Waals surface area contributed by atoms with Crippen molar-refractivity contribution >= 4 is 27.7 Å². The molecule has 0 bridgehead atoms. The Morgan fingerprint density at radius 2 is 1.90 bits per heavy atom. The predicted octanol–water partition coefficient (Wildman–Crippen LogP) is 4.48. The zero-order valence-corrected chi connectivity index (χ0v) is 11.8. The predicted molar refractivity (Wildman–Crippen MR) is 74.3 cm³/mol. The number of hydrogen-bond acceptors (Lipinski definition) is 2. The highest BCUT2D eigenvalue weighted by Gasteiger charge is 2.12. The Kier molecular flexibility index (Phi) is 4.68. The Morgan fingerprint density at radius 3 is 2.60 bits per heavy atom. The number of amides is 1. The maximum absolute atomic E-state index is 13.3. The summed E-state index contributed by atoms with van der Waals surface area (Å²) in [5.74, 6) is -1.59. The van der Waals surface area contributed by atoms with E-state index >= 15 is 0 Å². The highest BCUT2D eigenvalue weighted by atomic mass is 79.9. The molecule has 0 aromatic heterocycles. The molecule has 0 atom stereocenters. The lowest BCUT2D eigenvalue weighted by molar-refractivity contribution is 0.155. The number of benzene rings is 2. The van der Waals surface area contributed by atoms with Gasteiger partial charge in [-0.3, -0.25) is 5.32 Å². The monoisotopic (exact) mass is 341 g/mol. The summed E-state index contributed by atoms with van der Waals surface area (Å²) < 4.78 is 31.2. The maximum Gasteiger partial charge on any atom is 0.411 e. The second-order valence-corrected chi connectivity index (χ2v) is 4.73. The second-order valence-electron chi connectivity index (χ2n) is 3.94. The van der Waals surface area contributed by atoms with E-state index in [0.29, 0.717) is 6.07 Å². The molecule has 0 fully saturated rings. The fourth-order valence-corrected chi connectivity index (χ4v) is 1.84. The van der Waals surface area contributed by atoms with E-state index in [-0.39, 0.29) is 16.8 Å². The molecule has 1 N–H and O–H groups in total. The molecule has 2 aromatic carbocycles. The van der Waals surface area contributed by atoms with Crippen LogP contribution in [0.2, 0.25) is 0 Å². The van der Waals surface area contributed by atoms with Gasteiger partial charge in [0.15, 0.2) is 0 Å². The van der Waals surface area contributed by atoms with Gasteiger partial charge in [-0.2, -0.15) is 0 Å². The normalized spacial score (nSPS) is 10.2. The smallest absolute Gasteiger partial charge is 0.411 e. The van der Waals surface area contributed by atoms with Crippen molar-refractivity contribution < 1.29 is 18.3 Å². The third kappa shape index (κ3) is 3.77. The summed E-state index contributed by atoms with van der Waals surface area (Å²) in [5.41, 5.74) is 0.785. The molecule has 3 nitrogen and oxygen atoms in total. The molecule has 2 aromatic rings. The van der Waals surface area contributed by atoms with Crippen LogP contribution in [-0.4, -0.2) is 6.09 Å². The SMILES string of the molecule is O=C(Nc1cc(F)cc(F)c1Br)OCc1ccccc1. The average Bonchev–Trinajstić information content (AvgIpc) is 2.43. The van der Waals surface area contributed by atoms with Crippen molar-refractivity contribution in [3.63, 3.8) is 0 Å². The van der Waals surface area contributed by atoms with Crippen molar-refractivity contribution in [3.8, 4) is 0 Å². The van der Waals surface area contributed by atoms with E-state index in [2.05, 4.69) is 21.2 Å². The first-order valence-electron chi connectivity index (χ1n) is 5.68. The highest BCUT2D eigenvalue weighted by Crippen LogP contribution is 2.26. The van der Waals surface area contributed by atoms with E-state index in [1.807, 2.05) is 18.2 Å². The van der Waals surface area contributed by atoms with Gasteiger partial charge in [-0.1, -0.05) is 30.3 Å². The molecule has 6 heteroatoms. The molecule has 0 aliphatic carbocycles. The van der Waals surface area contributed by atoms with Gasteiger partial charge in [-0.05, 0) is 27.6 Å². The minimum Gasteiger partial charge on any atom is -0.444 e. The van der Waals surface area contributed by atoms with Gasteiger partial charge < -0.3 is 4.74 Å². The van der Waals surface area contributed by atoms with Crippen molar-refractivity contribution in [1.82, 2.24) is 0 Å². The van der Waals surface area contributed by atoms with Crippen LogP contribution in [0, 0.1) is 11.6 Å². The van der Waals surface area contributed by atoms with E-state index in [0.717, 1.165) is 11.6 Å². The van der Waals surface area contributed by atoms with Crippen LogP contribution in [0.4, 0.5) is 19.3 Å². The minimum atomic E-state index is -0.802. The van der Waals surface area contributed by atoms with Crippen molar-refractivity contribution in [2.24, 2.45) is 0 Å². The molecule has 20 heavy (non-hydrogen) atoms. The van der Waals surface area contributed by atoms with Crippen molar-refractivity contribution in [3.05, 3.63) is 64.1 Å². The summed E-state index contributed by atoms with van der Waals surface area (Å²) in [6.45, 7) is 0.0715. The summed E-state index contributed by atoms with van der Waals surface area (Å²) in [6, 6.07) is 10.8. The molecular formula is C14H10BrF2NO2. The fourth-order valence-electron chi connectivity index (χ4n) is 1.52. The van der Waals surface area contributed by atoms with Gasteiger partial charge in [0.05, 0.1) is 10.2 Å². The van der Waals surface area contributed by atoms with Crippen molar-refractivity contribution in [2.45, 2.75) is 6.61 Å². The van der Waals surface area contributed by atoms with Gasteiger partial charge in [0, 0.05) is 6.07 Å². The van der Waals surface area contributed by atoms with Gasteiger partial charge in [-0.15, -0.1) is 0 Å². The fraction of sp³-hybridized carbons (Fsp3) is 0.0714. The van der Waals surface area contributed by atoms with Crippen LogP contribution in [-0.2, 0) is 11.3 Å². The lowest BCUT2D eigenvalue weighted by Gasteiger charge is -2.09. The average molecular weight is 342 g/mol. The maximum atomic E-state index is 13.3. The lowest BCUT2D eigenvalue weighted by atomic mass is 10.2. The number of rotatable bonds is 3. The van der Waals surface area contributed by atoms with Crippen LogP contribution in [0.1, 0.15) is 5.56 Å². The molecule has 0 saturated carbocycles. The molecule has 0 heterocycles. The summed E-state index contributed by atoms with van der Waals surface area (Å²) in [7, 11) is 0. The molecule has 1 amide bonds. The van der Waals surface area contributed by atoms with E-state index in [1.54, 1.807) is 12.1 Å². The topological polar surface area (TPSA) is 38.3 Å². The van der Waals surface area contributed by atoms with Gasteiger partial charge in [0.2, 0.25) is 0 Å². The van der Waals surface area contributed by atoms with E-state index < -0.39 is 17.7 Å². The number of ether oxygens (including phenoxy) is 1. The number of carbonyl (C=O) groups is 1. The van der Waals surface area contributed by atoms with Gasteiger partial charge in [0.25, 0.3) is 0 Å². The Morgan fingerprint density at radius 1 is 1.20 bits per heavy atom. The van der Waals surface area contributed by atoms with Crippen LogP contribution < -0.4 is 5.32 Å². The molecule has 0 aliphatic heterocycles. The van der Waals surface area contributed by atoms with E-state index in [4.69, 9.17) is 4.74 Å². The first-order valence-corrected chi connectivity index (χ1v) is 6.48. The highest BCUT2D eigenvalue weighted by molar-refractivity contribution is 9.10. The van der Waals surface area contributed by atoms with Crippen LogP contribution >= 0.6 is 15.9 Å². The molecule has 0 spiro atoms. The number of nitrogens with one attached hydrogen (secondary N) is 1. The first kappa shape index (κ1) is 14.5. The first-order chi connectivity index (χ1) is 9.56. The summed E-state index contributed by atoms with van der Waals surface area (Å²) in [6.07, 6.45) is -0.792.